The lowest BCUT2D eigenvalue weighted by atomic mass is 9.67. The number of nitrogens with zero attached hydrogens (tertiary/aromatic N) is 1. The lowest BCUT2D eigenvalue weighted by Crippen LogP contribution is -2.28. The number of rotatable bonds is 9. The SMILES string of the molecule is c1ccc(-c2cccc(C3(c4ccccc4)c4ccccc4-c4ccc(-c5ccccc5N(c5ccc(-c6cccc7oc8ccccc8c67)cc5)c5ccc(-c6cccc7oc8ccccc8c67)cc5)cc43)c2)cc1. The van der Waals surface area contributed by atoms with Crippen molar-refractivity contribution in [2.24, 2.45) is 0 Å². The number of hydrogen-bond donors (Lipinski definition) is 0. The molecule has 1 unspecified atom stereocenters. The average molecular weight is 970 g/mol. The summed E-state index contributed by atoms with van der Waals surface area (Å²) in [4.78, 5) is 2.42. The van der Waals surface area contributed by atoms with Crippen LogP contribution in [0, 0.1) is 0 Å². The van der Waals surface area contributed by atoms with Crippen LogP contribution in [0.1, 0.15) is 22.3 Å². The molecule has 0 saturated heterocycles. The Balaban J connectivity index is 0.914. The third-order valence-corrected chi connectivity index (χ3v) is 15.8. The summed E-state index contributed by atoms with van der Waals surface area (Å²) in [6.45, 7) is 0. The Morgan fingerprint density at radius 3 is 1.37 bits per heavy atom. The maximum Gasteiger partial charge on any atom is 0.136 e. The summed E-state index contributed by atoms with van der Waals surface area (Å²) in [6.07, 6.45) is 0. The van der Waals surface area contributed by atoms with E-state index in [9.17, 15) is 0 Å². The van der Waals surface area contributed by atoms with Gasteiger partial charge >= 0.3 is 0 Å². The highest BCUT2D eigenvalue weighted by atomic mass is 16.3. The van der Waals surface area contributed by atoms with Gasteiger partial charge in [-0.15, -0.1) is 0 Å². The Hall–Kier alpha value is -9.96. The average Bonchev–Trinajstić information content (AvgIpc) is 4.18. The molecule has 2 aromatic heterocycles. The fourth-order valence-corrected chi connectivity index (χ4v) is 12.4. The third-order valence-electron chi connectivity index (χ3n) is 15.8. The fourth-order valence-electron chi connectivity index (χ4n) is 12.4. The number of furan rings is 2. The zero-order chi connectivity index (χ0) is 50.2. The summed E-state index contributed by atoms with van der Waals surface area (Å²) in [5, 5.41) is 4.48. The first-order valence-corrected chi connectivity index (χ1v) is 26.1. The van der Waals surface area contributed by atoms with E-state index in [1.807, 2.05) is 24.3 Å². The Bertz CT molecular complexity index is 4350. The van der Waals surface area contributed by atoms with E-state index in [2.05, 4.69) is 266 Å². The summed E-state index contributed by atoms with van der Waals surface area (Å²) >= 11 is 0. The van der Waals surface area contributed by atoms with E-state index in [1.165, 1.54) is 44.5 Å². The largest absolute Gasteiger partial charge is 0.456 e. The highest BCUT2D eigenvalue weighted by Gasteiger charge is 2.46. The lowest BCUT2D eigenvalue weighted by molar-refractivity contribution is 0.668. The van der Waals surface area contributed by atoms with Gasteiger partial charge in [0, 0.05) is 38.5 Å². The molecule has 1 aliphatic carbocycles. The number of fused-ring (bicyclic) bond motifs is 9. The van der Waals surface area contributed by atoms with Gasteiger partial charge in [-0.25, -0.2) is 0 Å². The van der Waals surface area contributed by atoms with Crippen LogP contribution >= 0.6 is 0 Å². The molecule has 3 heteroatoms. The van der Waals surface area contributed by atoms with E-state index in [1.54, 1.807) is 0 Å². The molecule has 0 amide bonds. The van der Waals surface area contributed by atoms with Crippen molar-refractivity contribution in [3.63, 3.8) is 0 Å². The van der Waals surface area contributed by atoms with Gasteiger partial charge in [0.1, 0.15) is 22.3 Å². The van der Waals surface area contributed by atoms with Crippen LogP contribution in [0.25, 0.3) is 99.5 Å². The van der Waals surface area contributed by atoms with Crippen LogP contribution < -0.4 is 4.90 Å². The van der Waals surface area contributed by atoms with Crippen molar-refractivity contribution in [2.45, 2.75) is 5.41 Å². The van der Waals surface area contributed by atoms with E-state index >= 15 is 0 Å². The van der Waals surface area contributed by atoms with Crippen molar-refractivity contribution in [3.8, 4) is 55.6 Å². The zero-order valence-corrected chi connectivity index (χ0v) is 41.4. The second kappa shape index (κ2) is 17.6. The second-order valence-electron chi connectivity index (χ2n) is 19.9. The predicted octanol–water partition coefficient (Wildman–Crippen LogP) is 20.0. The van der Waals surface area contributed by atoms with Crippen LogP contribution in [0.4, 0.5) is 17.1 Å². The van der Waals surface area contributed by atoms with Crippen LogP contribution in [0.3, 0.4) is 0 Å². The molecule has 0 radical (unpaired) electrons. The van der Waals surface area contributed by atoms with Crippen LogP contribution in [0.5, 0.6) is 0 Å². The van der Waals surface area contributed by atoms with Crippen molar-refractivity contribution in [3.05, 3.63) is 307 Å². The predicted molar refractivity (Wildman–Crippen MR) is 315 cm³/mol. The molecule has 2 heterocycles. The molecule has 12 aromatic carbocycles. The minimum absolute atomic E-state index is 0.597. The Labute approximate surface area is 440 Å². The van der Waals surface area contributed by atoms with Gasteiger partial charge in [0.25, 0.3) is 0 Å². The highest BCUT2D eigenvalue weighted by molar-refractivity contribution is 6.13. The van der Waals surface area contributed by atoms with E-state index in [0.717, 1.165) is 94.3 Å². The molecule has 15 rings (SSSR count). The first kappa shape index (κ1) is 43.6. The van der Waals surface area contributed by atoms with Crippen LogP contribution in [0.2, 0.25) is 0 Å². The second-order valence-corrected chi connectivity index (χ2v) is 19.9. The van der Waals surface area contributed by atoms with Crippen LogP contribution in [-0.2, 0) is 5.41 Å². The molecule has 1 aliphatic rings. The minimum Gasteiger partial charge on any atom is -0.456 e. The molecule has 0 spiro atoms. The smallest absolute Gasteiger partial charge is 0.136 e. The first-order valence-electron chi connectivity index (χ1n) is 26.1. The van der Waals surface area contributed by atoms with Crippen molar-refractivity contribution in [2.75, 3.05) is 4.90 Å². The molecule has 0 N–H and O–H groups in total. The van der Waals surface area contributed by atoms with E-state index < -0.39 is 5.41 Å². The standard InChI is InChI=1S/C73H47NO2/c1-3-18-48(19-4-1)51-20-15-23-54(46-51)73(53-21-5-2-6-22-53)64-30-11-7-25-60(64)61-45-40-52(47-65(61)73)57-24-8-12-31-66(57)74(55-41-36-49(37-42-55)58-28-16-34-69-71(58)62-26-9-13-32-67(62)75-69)56-43-38-50(39-44-56)59-29-17-35-70-72(59)63-27-10-14-33-68(63)76-70/h1-47H. The lowest BCUT2D eigenvalue weighted by Gasteiger charge is -2.34. The maximum absolute atomic E-state index is 6.35. The summed E-state index contributed by atoms with van der Waals surface area (Å²) in [7, 11) is 0. The first-order chi connectivity index (χ1) is 37.7. The Kier molecular flexibility index (Phi) is 10.1. The Morgan fingerprint density at radius 1 is 0.263 bits per heavy atom. The number of para-hydroxylation sites is 3. The summed E-state index contributed by atoms with van der Waals surface area (Å²) < 4.78 is 12.7. The van der Waals surface area contributed by atoms with Gasteiger partial charge in [0.15, 0.2) is 0 Å². The molecule has 76 heavy (non-hydrogen) atoms. The van der Waals surface area contributed by atoms with Crippen molar-refractivity contribution in [1.29, 1.82) is 0 Å². The number of hydrogen-bond acceptors (Lipinski definition) is 3. The zero-order valence-electron chi connectivity index (χ0n) is 41.4. The quantitative estimate of drug-likeness (QED) is 0.144. The molecular weight excluding hydrogens is 923 g/mol. The van der Waals surface area contributed by atoms with E-state index in [4.69, 9.17) is 8.83 Å². The van der Waals surface area contributed by atoms with Gasteiger partial charge in [-0.2, -0.15) is 0 Å². The van der Waals surface area contributed by atoms with Gasteiger partial charge in [0.2, 0.25) is 0 Å². The van der Waals surface area contributed by atoms with Crippen molar-refractivity contribution < 1.29 is 8.83 Å². The molecule has 0 aliphatic heterocycles. The third kappa shape index (κ3) is 6.83. The van der Waals surface area contributed by atoms with Crippen molar-refractivity contribution >= 4 is 60.9 Å². The Morgan fingerprint density at radius 2 is 0.724 bits per heavy atom. The van der Waals surface area contributed by atoms with Crippen LogP contribution in [-0.4, -0.2) is 0 Å². The molecule has 0 bridgehead atoms. The normalized spacial score (nSPS) is 13.8. The number of anilines is 3. The number of benzene rings is 12. The molecule has 0 saturated carbocycles. The van der Waals surface area contributed by atoms with Gasteiger partial charge in [-0.1, -0.05) is 218 Å². The topological polar surface area (TPSA) is 29.5 Å². The minimum atomic E-state index is -0.597. The summed E-state index contributed by atoms with van der Waals surface area (Å²) in [5.41, 5.74) is 22.8. The summed E-state index contributed by atoms with van der Waals surface area (Å²) in [5.74, 6) is 0. The van der Waals surface area contributed by atoms with E-state index in [-0.39, 0.29) is 0 Å². The molecule has 14 aromatic rings. The van der Waals surface area contributed by atoms with Gasteiger partial charge in [-0.05, 0) is 139 Å². The molecule has 0 fully saturated rings. The molecule has 1 atom stereocenters. The molecule has 3 nitrogen and oxygen atoms in total. The molecule has 356 valence electrons. The highest BCUT2D eigenvalue weighted by Crippen LogP contribution is 2.58. The molecular formula is C73H47NO2. The van der Waals surface area contributed by atoms with E-state index in [0.29, 0.717) is 0 Å². The van der Waals surface area contributed by atoms with Gasteiger partial charge in [-0.3, -0.25) is 0 Å². The van der Waals surface area contributed by atoms with Crippen LogP contribution in [0.15, 0.2) is 294 Å². The van der Waals surface area contributed by atoms with Gasteiger partial charge in [0.05, 0.1) is 11.1 Å². The monoisotopic (exact) mass is 969 g/mol. The maximum atomic E-state index is 6.35. The summed E-state index contributed by atoms with van der Waals surface area (Å²) in [6, 6.07) is 104. The fraction of sp³-hybridized carbons (Fsp3) is 0.0137. The van der Waals surface area contributed by atoms with Gasteiger partial charge < -0.3 is 13.7 Å². The van der Waals surface area contributed by atoms with Crippen molar-refractivity contribution in [1.82, 2.24) is 0 Å².